The van der Waals surface area contributed by atoms with Crippen molar-refractivity contribution >= 4 is 10.1 Å². The summed E-state index contributed by atoms with van der Waals surface area (Å²) in [6.45, 7) is 2.07. The zero-order valence-corrected chi connectivity index (χ0v) is 14.7. The third-order valence-corrected chi connectivity index (χ3v) is 5.30. The second-order valence-electron chi connectivity index (χ2n) is 6.13. The maximum Gasteiger partial charge on any atom is 0.534 e. The lowest BCUT2D eigenvalue weighted by Crippen LogP contribution is -2.28. The van der Waals surface area contributed by atoms with Gasteiger partial charge in [-0.3, -0.25) is 0 Å². The van der Waals surface area contributed by atoms with Crippen LogP contribution < -0.4 is 4.18 Å². The van der Waals surface area contributed by atoms with Crippen LogP contribution in [-0.4, -0.2) is 13.9 Å². The molecule has 0 N–H and O–H groups in total. The molecule has 2 aromatic carbocycles. The summed E-state index contributed by atoms with van der Waals surface area (Å²) in [6.07, 6.45) is 2.70. The molecule has 0 saturated carbocycles. The van der Waals surface area contributed by atoms with Crippen LogP contribution in [0.1, 0.15) is 30.0 Å². The molecule has 26 heavy (non-hydrogen) atoms. The van der Waals surface area contributed by atoms with Gasteiger partial charge < -0.3 is 4.18 Å². The Bertz CT molecular complexity index is 950. The smallest absolute Gasteiger partial charge is 0.373 e. The molecule has 8 heteroatoms. The van der Waals surface area contributed by atoms with Gasteiger partial charge in [0.25, 0.3) is 0 Å². The first kappa shape index (κ1) is 18.7. The first-order chi connectivity index (χ1) is 12.1. The predicted octanol–water partition coefficient (Wildman–Crippen LogP) is 4.77. The Morgan fingerprint density at radius 2 is 1.77 bits per heavy atom. The first-order valence-corrected chi connectivity index (χ1v) is 9.49. The average Bonchev–Trinajstić information content (AvgIpc) is 2.56. The molecule has 0 aliphatic heterocycles. The van der Waals surface area contributed by atoms with Crippen LogP contribution >= 0.6 is 0 Å². The van der Waals surface area contributed by atoms with Crippen LogP contribution in [0.5, 0.6) is 5.75 Å². The van der Waals surface area contributed by atoms with Gasteiger partial charge in [-0.05, 0) is 53.1 Å². The molecule has 1 aliphatic rings. The predicted molar refractivity (Wildman–Crippen MR) is 88.8 cm³/mol. The standard InChI is InChI=1S/C18H16F4O3S/c1-2-3-11-4-6-13-12(10-11)5-7-15-14(13)8-9-16(17(15)19)25-26(23,24)18(20,21)22/h4,6,8-10H,2-3,5,7H2,1H3. The van der Waals surface area contributed by atoms with E-state index >= 15 is 0 Å². The van der Waals surface area contributed by atoms with E-state index in [1.54, 1.807) is 0 Å². The molecule has 0 heterocycles. The number of halogens is 4. The number of hydrogen-bond acceptors (Lipinski definition) is 3. The highest BCUT2D eigenvalue weighted by Crippen LogP contribution is 2.39. The lowest BCUT2D eigenvalue weighted by Gasteiger charge is -2.22. The van der Waals surface area contributed by atoms with Gasteiger partial charge in [0.05, 0.1) is 0 Å². The molecule has 3 nitrogen and oxygen atoms in total. The Hall–Kier alpha value is -2.09. The average molecular weight is 388 g/mol. The fourth-order valence-corrected chi connectivity index (χ4v) is 3.61. The van der Waals surface area contributed by atoms with Crippen molar-refractivity contribution in [1.29, 1.82) is 0 Å². The molecule has 0 unspecified atom stereocenters. The first-order valence-electron chi connectivity index (χ1n) is 8.08. The fraction of sp³-hybridized carbons (Fsp3) is 0.333. The molecule has 0 amide bonds. The quantitative estimate of drug-likeness (QED) is 0.430. The Labute approximate surface area is 148 Å². The SMILES string of the molecule is CCCc1ccc2c(c1)CCc1c-2ccc(OS(=O)(=O)C(F)(F)F)c1F. The summed E-state index contributed by atoms with van der Waals surface area (Å²) >= 11 is 0. The van der Waals surface area contributed by atoms with Gasteiger partial charge in [-0.2, -0.15) is 21.6 Å². The summed E-state index contributed by atoms with van der Waals surface area (Å²) in [5, 5.41) is 0. The van der Waals surface area contributed by atoms with E-state index in [9.17, 15) is 26.0 Å². The van der Waals surface area contributed by atoms with Gasteiger partial charge in [-0.15, -0.1) is 0 Å². The topological polar surface area (TPSA) is 43.4 Å². The number of rotatable bonds is 4. The number of benzene rings is 2. The molecular formula is C18H16F4O3S. The second kappa shape index (κ2) is 6.57. The van der Waals surface area contributed by atoms with Gasteiger partial charge in [-0.1, -0.05) is 37.6 Å². The van der Waals surface area contributed by atoms with Crippen LogP contribution in [0.3, 0.4) is 0 Å². The molecule has 0 bridgehead atoms. The van der Waals surface area contributed by atoms with Crippen molar-refractivity contribution < 1.29 is 30.2 Å². The molecule has 0 atom stereocenters. The van der Waals surface area contributed by atoms with E-state index < -0.39 is 27.2 Å². The van der Waals surface area contributed by atoms with Crippen molar-refractivity contribution in [2.45, 2.75) is 38.1 Å². The molecule has 0 fully saturated rings. The van der Waals surface area contributed by atoms with E-state index in [0.717, 1.165) is 30.0 Å². The molecule has 1 aliphatic carbocycles. The summed E-state index contributed by atoms with van der Waals surface area (Å²) in [5.74, 6) is -2.01. The van der Waals surface area contributed by atoms with Crippen molar-refractivity contribution in [2.24, 2.45) is 0 Å². The van der Waals surface area contributed by atoms with Crippen molar-refractivity contribution in [2.75, 3.05) is 0 Å². The Morgan fingerprint density at radius 1 is 1.08 bits per heavy atom. The molecule has 0 saturated heterocycles. The lowest BCUT2D eigenvalue weighted by atomic mass is 9.84. The number of hydrogen-bond donors (Lipinski definition) is 0. The van der Waals surface area contributed by atoms with Gasteiger partial charge in [0.15, 0.2) is 11.6 Å². The maximum absolute atomic E-state index is 14.6. The molecule has 0 aromatic heterocycles. The fourth-order valence-electron chi connectivity index (χ4n) is 3.15. The Balaban J connectivity index is 2.01. The van der Waals surface area contributed by atoms with Crippen LogP contribution in [0.15, 0.2) is 30.3 Å². The van der Waals surface area contributed by atoms with Gasteiger partial charge in [0.2, 0.25) is 0 Å². The van der Waals surface area contributed by atoms with Crippen LogP contribution in [0, 0.1) is 5.82 Å². The molecule has 0 radical (unpaired) electrons. The molecular weight excluding hydrogens is 372 g/mol. The third kappa shape index (κ3) is 3.30. The minimum atomic E-state index is -5.91. The zero-order valence-electron chi connectivity index (χ0n) is 13.9. The van der Waals surface area contributed by atoms with E-state index in [1.165, 1.54) is 11.6 Å². The summed E-state index contributed by atoms with van der Waals surface area (Å²) in [7, 11) is -5.91. The monoisotopic (exact) mass is 388 g/mol. The zero-order chi connectivity index (χ0) is 19.1. The van der Waals surface area contributed by atoms with Crippen molar-refractivity contribution in [1.82, 2.24) is 0 Å². The number of aryl methyl sites for hydroxylation is 2. The van der Waals surface area contributed by atoms with Crippen molar-refractivity contribution in [3.8, 4) is 16.9 Å². The summed E-state index contributed by atoms with van der Waals surface area (Å²) in [6, 6.07) is 8.18. The normalized spacial score (nSPS) is 13.9. The Morgan fingerprint density at radius 3 is 2.42 bits per heavy atom. The van der Waals surface area contributed by atoms with Crippen LogP contribution in [0.4, 0.5) is 17.6 Å². The van der Waals surface area contributed by atoms with E-state index in [-0.39, 0.29) is 12.0 Å². The highest BCUT2D eigenvalue weighted by atomic mass is 32.2. The van der Waals surface area contributed by atoms with Gasteiger partial charge >= 0.3 is 15.6 Å². The second-order valence-corrected chi connectivity index (χ2v) is 7.67. The van der Waals surface area contributed by atoms with E-state index in [4.69, 9.17) is 0 Å². The van der Waals surface area contributed by atoms with Crippen molar-refractivity contribution in [3.63, 3.8) is 0 Å². The summed E-state index contributed by atoms with van der Waals surface area (Å²) in [5.41, 5.74) is -1.89. The molecule has 140 valence electrons. The largest absolute Gasteiger partial charge is 0.534 e. The summed E-state index contributed by atoms with van der Waals surface area (Å²) in [4.78, 5) is 0. The van der Waals surface area contributed by atoms with Gasteiger partial charge in [0, 0.05) is 0 Å². The highest BCUT2D eigenvalue weighted by Gasteiger charge is 2.49. The molecule has 2 aromatic rings. The van der Waals surface area contributed by atoms with E-state index in [2.05, 4.69) is 17.2 Å². The summed E-state index contributed by atoms with van der Waals surface area (Å²) < 4.78 is 78.2. The van der Waals surface area contributed by atoms with Crippen LogP contribution in [-0.2, 0) is 29.4 Å². The third-order valence-electron chi connectivity index (χ3n) is 4.33. The van der Waals surface area contributed by atoms with Crippen molar-refractivity contribution in [3.05, 3.63) is 52.8 Å². The maximum atomic E-state index is 14.6. The lowest BCUT2D eigenvalue weighted by molar-refractivity contribution is -0.0500. The molecule has 3 rings (SSSR count). The number of alkyl halides is 3. The number of fused-ring (bicyclic) bond motifs is 3. The van der Waals surface area contributed by atoms with Gasteiger partial charge in [-0.25, -0.2) is 4.39 Å². The minimum Gasteiger partial charge on any atom is -0.373 e. The minimum absolute atomic E-state index is 0.163. The van der Waals surface area contributed by atoms with E-state index in [1.807, 2.05) is 12.1 Å². The Kier molecular flexibility index (Phi) is 4.72. The van der Waals surface area contributed by atoms with Crippen LogP contribution in [0.2, 0.25) is 0 Å². The highest BCUT2D eigenvalue weighted by molar-refractivity contribution is 7.88. The van der Waals surface area contributed by atoms with Gasteiger partial charge in [0.1, 0.15) is 0 Å². The molecule has 0 spiro atoms. The van der Waals surface area contributed by atoms with E-state index in [0.29, 0.717) is 12.0 Å². The van der Waals surface area contributed by atoms with Crippen LogP contribution in [0.25, 0.3) is 11.1 Å².